The Balaban J connectivity index is 1.50. The predicted octanol–water partition coefficient (Wildman–Crippen LogP) is 5.57. The summed E-state index contributed by atoms with van der Waals surface area (Å²) in [5, 5.41) is 3.01. The second-order valence-corrected chi connectivity index (χ2v) is 10.5. The molecule has 3 aromatic rings. The van der Waals surface area contributed by atoms with Gasteiger partial charge in [-0.05, 0) is 60.6 Å². The summed E-state index contributed by atoms with van der Waals surface area (Å²) < 4.78 is 0. The van der Waals surface area contributed by atoms with E-state index in [1.54, 1.807) is 6.07 Å². The number of hydrogen-bond donors (Lipinski definition) is 1. The van der Waals surface area contributed by atoms with Gasteiger partial charge in [-0.3, -0.25) is 14.9 Å². The molecule has 0 radical (unpaired) electrons. The zero-order chi connectivity index (χ0) is 25.0. The first-order chi connectivity index (χ1) is 17.4. The molecule has 182 valence electrons. The highest BCUT2D eigenvalue weighted by atomic mass is 35.5. The Kier molecular flexibility index (Phi) is 5.54. The molecule has 0 aliphatic carbocycles. The van der Waals surface area contributed by atoms with E-state index in [-0.39, 0.29) is 23.0 Å². The van der Waals surface area contributed by atoms with Crippen LogP contribution in [0.4, 0.5) is 16.2 Å². The van der Waals surface area contributed by atoms with Crippen molar-refractivity contribution < 1.29 is 14.4 Å². The molecule has 4 amide bonds. The number of carbonyl (C=O) groups is 3. The van der Waals surface area contributed by atoms with Crippen molar-refractivity contribution in [2.75, 3.05) is 16.3 Å². The largest absolute Gasteiger partial charge is 0.367 e. The van der Waals surface area contributed by atoms with Gasteiger partial charge in [0.2, 0.25) is 5.91 Å². The van der Waals surface area contributed by atoms with Gasteiger partial charge >= 0.3 is 6.03 Å². The Bertz CT molecular complexity index is 1400. The lowest BCUT2D eigenvalue weighted by atomic mass is 9.64. The van der Waals surface area contributed by atoms with Crippen LogP contribution >= 0.6 is 23.2 Å². The quantitative estimate of drug-likeness (QED) is 0.449. The predicted molar refractivity (Wildman–Crippen MR) is 140 cm³/mol. The number of anilines is 2. The fourth-order valence-electron chi connectivity index (χ4n) is 6.09. The topological polar surface area (TPSA) is 69.7 Å². The van der Waals surface area contributed by atoms with Crippen molar-refractivity contribution in [3.8, 4) is 0 Å². The van der Waals surface area contributed by atoms with E-state index in [0.29, 0.717) is 18.0 Å². The number of halogens is 2. The lowest BCUT2D eigenvalue weighted by Crippen LogP contribution is -2.73. The van der Waals surface area contributed by atoms with E-state index in [9.17, 15) is 14.4 Å². The van der Waals surface area contributed by atoms with Crippen LogP contribution in [0.25, 0.3) is 0 Å². The number of carbonyl (C=O) groups excluding carboxylic acids is 3. The molecule has 2 saturated heterocycles. The smallest absolute Gasteiger partial charge is 0.335 e. The molecule has 6 rings (SSSR count). The summed E-state index contributed by atoms with van der Waals surface area (Å²) >= 11 is 12.6. The van der Waals surface area contributed by atoms with Gasteiger partial charge in [0.15, 0.2) is 5.41 Å². The third-order valence-electron chi connectivity index (χ3n) is 7.78. The normalized spacial score (nSPS) is 25.4. The fourth-order valence-corrected chi connectivity index (χ4v) is 6.46. The van der Waals surface area contributed by atoms with Crippen molar-refractivity contribution in [3.63, 3.8) is 0 Å². The molecule has 1 N–H and O–H groups in total. The fraction of sp³-hybridized carbons (Fsp3) is 0.250. The first-order valence-corrected chi connectivity index (χ1v) is 12.7. The molecule has 0 unspecified atom stereocenters. The Morgan fingerprint density at radius 2 is 1.64 bits per heavy atom. The van der Waals surface area contributed by atoms with Gasteiger partial charge in [-0.2, -0.15) is 0 Å². The first-order valence-electron chi connectivity index (χ1n) is 11.9. The summed E-state index contributed by atoms with van der Waals surface area (Å²) in [6.07, 6.45) is 1.69. The van der Waals surface area contributed by atoms with E-state index in [4.69, 9.17) is 23.2 Å². The number of amides is 4. The molecular weight excluding hydrogens is 497 g/mol. The molecule has 1 spiro atoms. The van der Waals surface area contributed by atoms with Gasteiger partial charge in [0.05, 0.1) is 16.8 Å². The lowest BCUT2D eigenvalue weighted by molar-refractivity contribution is -0.145. The lowest BCUT2D eigenvalue weighted by Gasteiger charge is -2.55. The Labute approximate surface area is 218 Å². The Hall–Kier alpha value is -3.35. The highest BCUT2D eigenvalue weighted by molar-refractivity contribution is 6.39. The van der Waals surface area contributed by atoms with E-state index in [1.165, 1.54) is 17.7 Å². The highest BCUT2D eigenvalue weighted by Gasteiger charge is 2.63. The molecule has 0 aromatic heterocycles. The van der Waals surface area contributed by atoms with Crippen LogP contribution in [-0.4, -0.2) is 30.4 Å². The number of nitrogens with one attached hydrogen (secondary N) is 1. The average Bonchev–Trinajstić information content (AvgIpc) is 2.89. The summed E-state index contributed by atoms with van der Waals surface area (Å²) in [6, 6.07) is 21.4. The van der Waals surface area contributed by atoms with Crippen LogP contribution in [0.5, 0.6) is 0 Å². The van der Waals surface area contributed by atoms with Gasteiger partial charge in [0.1, 0.15) is 0 Å². The van der Waals surface area contributed by atoms with E-state index >= 15 is 0 Å². The minimum absolute atomic E-state index is 0.166. The molecule has 6 nitrogen and oxygen atoms in total. The molecule has 3 aliphatic rings. The molecule has 0 saturated carbocycles. The molecule has 0 bridgehead atoms. The maximum Gasteiger partial charge on any atom is 0.335 e. The van der Waals surface area contributed by atoms with Gasteiger partial charge in [0, 0.05) is 17.3 Å². The number of fused-ring (bicyclic) bond motifs is 4. The number of urea groups is 1. The van der Waals surface area contributed by atoms with Gasteiger partial charge in [-0.25, -0.2) is 9.69 Å². The van der Waals surface area contributed by atoms with Crippen molar-refractivity contribution in [1.29, 1.82) is 0 Å². The van der Waals surface area contributed by atoms with E-state index in [0.717, 1.165) is 22.6 Å². The van der Waals surface area contributed by atoms with Crippen LogP contribution in [-0.2, 0) is 16.0 Å². The van der Waals surface area contributed by atoms with Gasteiger partial charge in [-0.1, -0.05) is 71.7 Å². The van der Waals surface area contributed by atoms with Crippen LogP contribution in [0, 0.1) is 5.41 Å². The molecular formula is C28H23Cl2N3O3. The van der Waals surface area contributed by atoms with Crippen molar-refractivity contribution >= 4 is 52.4 Å². The van der Waals surface area contributed by atoms with Crippen LogP contribution in [0.2, 0.25) is 10.0 Å². The summed E-state index contributed by atoms with van der Waals surface area (Å²) in [5.74, 6) is -0.959. The molecule has 2 fully saturated rings. The summed E-state index contributed by atoms with van der Waals surface area (Å²) in [5.41, 5.74) is 1.79. The van der Waals surface area contributed by atoms with Crippen LogP contribution in [0.1, 0.15) is 29.9 Å². The monoisotopic (exact) mass is 519 g/mol. The third-order valence-corrected chi connectivity index (χ3v) is 8.33. The third kappa shape index (κ3) is 3.43. The molecule has 3 atom stereocenters. The second-order valence-electron chi connectivity index (χ2n) is 9.61. The standard InChI is InChI=1S/C28H23Cl2N3O3/c29-20-10-11-21(30)23(15-20)33-26(35)28(25(34)31-27(33)36)16-19-8-4-5-9-22(19)32-13-12-18(14-24(28)32)17-6-2-1-3-7-17/h1-11,15,18,24H,12-14,16H2,(H,31,34,36)/t18-,24+,28+/m0/s1. The zero-order valence-electron chi connectivity index (χ0n) is 19.3. The second kappa shape index (κ2) is 8.64. The number of rotatable bonds is 2. The van der Waals surface area contributed by atoms with Gasteiger partial charge < -0.3 is 4.90 Å². The number of para-hydroxylation sites is 1. The average molecular weight is 520 g/mol. The molecule has 3 heterocycles. The van der Waals surface area contributed by atoms with Gasteiger partial charge in [-0.15, -0.1) is 0 Å². The van der Waals surface area contributed by atoms with Crippen LogP contribution in [0.15, 0.2) is 72.8 Å². The first kappa shape index (κ1) is 23.1. The number of nitrogens with zero attached hydrogens (tertiary/aromatic N) is 2. The van der Waals surface area contributed by atoms with Gasteiger partial charge in [0.25, 0.3) is 5.91 Å². The number of hydrogen-bond acceptors (Lipinski definition) is 4. The molecule has 36 heavy (non-hydrogen) atoms. The van der Waals surface area contributed by atoms with E-state index in [1.807, 2.05) is 42.5 Å². The molecule has 3 aromatic carbocycles. The van der Waals surface area contributed by atoms with Crippen molar-refractivity contribution in [2.24, 2.45) is 5.41 Å². The minimum Gasteiger partial charge on any atom is -0.367 e. The maximum absolute atomic E-state index is 14.4. The number of benzene rings is 3. The highest BCUT2D eigenvalue weighted by Crippen LogP contribution is 2.50. The number of imide groups is 2. The zero-order valence-corrected chi connectivity index (χ0v) is 20.8. The van der Waals surface area contributed by atoms with Crippen LogP contribution in [0.3, 0.4) is 0 Å². The van der Waals surface area contributed by atoms with E-state index in [2.05, 4.69) is 22.3 Å². The van der Waals surface area contributed by atoms with Crippen molar-refractivity contribution in [1.82, 2.24) is 5.32 Å². The summed E-state index contributed by atoms with van der Waals surface area (Å²) in [7, 11) is 0. The molecule has 8 heteroatoms. The SMILES string of the molecule is O=C1NC(=O)[C@]2(Cc3ccccc3N3CC[C@H](c4ccccc4)C[C@@H]32)C(=O)N1c1cc(Cl)ccc1Cl. The minimum atomic E-state index is -1.50. The Morgan fingerprint density at radius 1 is 0.889 bits per heavy atom. The van der Waals surface area contributed by atoms with Crippen molar-refractivity contribution in [3.05, 3.63) is 94.0 Å². The number of barbiturate groups is 1. The number of piperidine rings is 1. The molecule has 3 aliphatic heterocycles. The van der Waals surface area contributed by atoms with Crippen LogP contribution < -0.4 is 15.1 Å². The Morgan fingerprint density at radius 3 is 2.44 bits per heavy atom. The summed E-state index contributed by atoms with van der Waals surface area (Å²) in [6.45, 7) is 0.690. The van der Waals surface area contributed by atoms with E-state index < -0.39 is 29.3 Å². The maximum atomic E-state index is 14.4. The summed E-state index contributed by atoms with van der Waals surface area (Å²) in [4.78, 5) is 44.4. The van der Waals surface area contributed by atoms with Crippen molar-refractivity contribution in [2.45, 2.75) is 31.2 Å².